The molecule has 1 aliphatic rings. The largest absolute Gasteiger partial charge is 0.385 e. The van der Waals surface area contributed by atoms with Crippen LogP contribution in [-0.4, -0.2) is 39.9 Å². The zero-order chi connectivity index (χ0) is 15.1. The van der Waals surface area contributed by atoms with Gasteiger partial charge in [-0.15, -0.1) is 6.42 Å². The van der Waals surface area contributed by atoms with E-state index < -0.39 is 11.2 Å². The lowest BCUT2D eigenvalue weighted by molar-refractivity contribution is -0.159. The van der Waals surface area contributed by atoms with Crippen molar-refractivity contribution in [3.05, 3.63) is 33.8 Å². The molecule has 0 radical (unpaired) electrons. The third-order valence-electron chi connectivity index (χ3n) is 4.03. The fourth-order valence-corrected chi connectivity index (χ4v) is 3.25. The van der Waals surface area contributed by atoms with Gasteiger partial charge < -0.3 is 10.2 Å². The highest BCUT2D eigenvalue weighted by Crippen LogP contribution is 2.42. The molecule has 1 heterocycles. The molecule has 108 valence electrons. The van der Waals surface area contributed by atoms with Gasteiger partial charge in [0.05, 0.1) is 0 Å². The second-order valence-electron chi connectivity index (χ2n) is 5.58. The van der Waals surface area contributed by atoms with Gasteiger partial charge in [0.1, 0.15) is 5.60 Å². The van der Waals surface area contributed by atoms with E-state index in [4.69, 9.17) is 29.6 Å². The predicted molar refractivity (Wildman–Crippen MR) is 80.9 cm³/mol. The number of likely N-dealkylation sites (N-methyl/N-ethyl adjacent to an activating group) is 1. The molecule has 1 aromatic rings. The number of nitrogens with zero attached hydrogens (tertiary/aromatic N) is 1. The number of hydrogen-bond acceptors (Lipinski definition) is 3. The molecule has 2 rings (SSSR count). The predicted octanol–water partition coefficient (Wildman–Crippen LogP) is 2.49. The van der Waals surface area contributed by atoms with E-state index in [-0.39, 0.29) is 19.0 Å². The molecule has 0 amide bonds. The normalized spacial score (nSPS) is 34.8. The smallest absolute Gasteiger partial charge is 0.156 e. The van der Waals surface area contributed by atoms with Gasteiger partial charge in [0.15, 0.2) is 5.60 Å². The Morgan fingerprint density at radius 1 is 1.40 bits per heavy atom. The maximum absolute atomic E-state index is 10.5. The van der Waals surface area contributed by atoms with Gasteiger partial charge in [-0.3, -0.25) is 4.90 Å². The Morgan fingerprint density at radius 2 is 2.05 bits per heavy atom. The van der Waals surface area contributed by atoms with E-state index in [1.165, 1.54) is 0 Å². The average Bonchev–Trinajstić information content (AvgIpc) is 2.34. The third-order valence-corrected chi connectivity index (χ3v) is 4.59. The summed E-state index contributed by atoms with van der Waals surface area (Å²) in [6.45, 7) is 1.79. The van der Waals surface area contributed by atoms with Crippen molar-refractivity contribution >= 4 is 23.2 Å². The standard InChI is InChI=1S/C15H17Cl2NO2/c1-4-15(20)8-13(18(3)9-14(15,2)19)11-6-5-10(16)7-12(11)17/h1,5-7,13,19-20H,8-9H2,2-3H3. The lowest BCUT2D eigenvalue weighted by atomic mass is 9.74. The van der Waals surface area contributed by atoms with Crippen LogP contribution < -0.4 is 0 Å². The summed E-state index contributed by atoms with van der Waals surface area (Å²) in [6, 6.07) is 5.05. The van der Waals surface area contributed by atoms with Gasteiger partial charge >= 0.3 is 0 Å². The lowest BCUT2D eigenvalue weighted by Crippen LogP contribution is -2.62. The van der Waals surface area contributed by atoms with E-state index >= 15 is 0 Å². The Labute approximate surface area is 129 Å². The molecule has 0 saturated carbocycles. The van der Waals surface area contributed by atoms with Crippen LogP contribution >= 0.6 is 23.2 Å². The first kappa shape index (κ1) is 15.6. The van der Waals surface area contributed by atoms with Crippen molar-refractivity contribution in [2.45, 2.75) is 30.6 Å². The van der Waals surface area contributed by atoms with Crippen LogP contribution in [0.15, 0.2) is 18.2 Å². The molecule has 2 N–H and O–H groups in total. The molecule has 5 heteroatoms. The minimum atomic E-state index is -1.59. The molecule has 3 nitrogen and oxygen atoms in total. The van der Waals surface area contributed by atoms with E-state index in [0.717, 1.165) is 5.56 Å². The van der Waals surface area contributed by atoms with Gasteiger partial charge in [0.2, 0.25) is 0 Å². The van der Waals surface area contributed by atoms with Gasteiger partial charge in [-0.25, -0.2) is 0 Å². The number of β-amino-alcohol motifs (C(OH)–C–C–N with tert-alkyl or cyclic N) is 1. The second kappa shape index (κ2) is 5.22. The Balaban J connectivity index is 2.41. The van der Waals surface area contributed by atoms with Crippen LogP contribution in [-0.2, 0) is 0 Å². The Bertz CT molecular complexity index is 567. The van der Waals surface area contributed by atoms with Crippen LogP contribution in [0.1, 0.15) is 24.9 Å². The average molecular weight is 314 g/mol. The molecule has 0 aromatic heterocycles. The van der Waals surface area contributed by atoms with Crippen LogP contribution in [0.25, 0.3) is 0 Å². The Hall–Kier alpha value is -0.760. The van der Waals surface area contributed by atoms with Gasteiger partial charge in [-0.2, -0.15) is 0 Å². The van der Waals surface area contributed by atoms with E-state index in [1.54, 1.807) is 19.1 Å². The highest BCUT2D eigenvalue weighted by molar-refractivity contribution is 6.35. The summed E-state index contributed by atoms with van der Waals surface area (Å²) >= 11 is 12.1. The molecule has 20 heavy (non-hydrogen) atoms. The Kier molecular flexibility index (Phi) is 4.07. The number of aliphatic hydroxyl groups is 2. The molecule has 1 aromatic carbocycles. The minimum absolute atomic E-state index is 0.180. The van der Waals surface area contributed by atoms with Crippen LogP contribution in [0.4, 0.5) is 0 Å². The van der Waals surface area contributed by atoms with Gasteiger partial charge in [0.25, 0.3) is 0 Å². The topological polar surface area (TPSA) is 43.7 Å². The molecule has 0 spiro atoms. The number of rotatable bonds is 1. The first-order chi connectivity index (χ1) is 9.20. The summed E-state index contributed by atoms with van der Waals surface area (Å²) < 4.78 is 0. The van der Waals surface area contributed by atoms with Crippen LogP contribution in [0, 0.1) is 12.3 Å². The number of halogens is 2. The number of benzene rings is 1. The van der Waals surface area contributed by atoms with Crippen molar-refractivity contribution in [1.29, 1.82) is 0 Å². The van der Waals surface area contributed by atoms with Crippen LogP contribution in [0.2, 0.25) is 10.0 Å². The fraction of sp³-hybridized carbons (Fsp3) is 0.467. The van der Waals surface area contributed by atoms with Crippen molar-refractivity contribution in [2.24, 2.45) is 0 Å². The first-order valence-corrected chi connectivity index (χ1v) is 7.03. The quantitative estimate of drug-likeness (QED) is 0.783. The van der Waals surface area contributed by atoms with Crippen molar-refractivity contribution in [3.8, 4) is 12.3 Å². The number of piperidine rings is 1. The molecule has 0 bridgehead atoms. The monoisotopic (exact) mass is 313 g/mol. The molecule has 3 unspecified atom stereocenters. The number of likely N-dealkylation sites (tertiary alicyclic amines) is 1. The molecule has 1 aliphatic heterocycles. The summed E-state index contributed by atoms with van der Waals surface area (Å²) in [5.74, 6) is 2.33. The van der Waals surface area contributed by atoms with Crippen LogP contribution in [0.5, 0.6) is 0 Å². The third kappa shape index (κ3) is 2.55. The highest BCUT2D eigenvalue weighted by atomic mass is 35.5. The zero-order valence-electron chi connectivity index (χ0n) is 11.4. The molecule has 1 fully saturated rings. The van der Waals surface area contributed by atoms with Gasteiger partial charge in [-0.05, 0) is 31.7 Å². The SMILES string of the molecule is C#CC1(O)CC(c2ccc(Cl)cc2Cl)N(C)CC1(C)O. The molecule has 3 atom stereocenters. The van der Waals surface area contributed by atoms with Crippen molar-refractivity contribution in [1.82, 2.24) is 4.90 Å². The molecule has 1 saturated heterocycles. The molecule has 0 aliphatic carbocycles. The number of terminal acetylenes is 1. The maximum Gasteiger partial charge on any atom is 0.156 e. The maximum atomic E-state index is 10.5. The molecular formula is C15H17Cl2NO2. The number of hydrogen-bond donors (Lipinski definition) is 2. The van der Waals surface area contributed by atoms with Crippen molar-refractivity contribution in [3.63, 3.8) is 0 Å². The summed E-state index contributed by atoms with van der Waals surface area (Å²) in [5.41, 5.74) is -2.12. The van der Waals surface area contributed by atoms with Crippen LogP contribution in [0.3, 0.4) is 0 Å². The van der Waals surface area contributed by atoms with E-state index in [1.807, 2.05) is 18.0 Å². The van der Waals surface area contributed by atoms with Crippen molar-refractivity contribution < 1.29 is 10.2 Å². The summed E-state index contributed by atoms with van der Waals surface area (Å²) in [7, 11) is 1.86. The van der Waals surface area contributed by atoms with Crippen molar-refractivity contribution in [2.75, 3.05) is 13.6 Å². The minimum Gasteiger partial charge on any atom is -0.385 e. The van der Waals surface area contributed by atoms with E-state index in [2.05, 4.69) is 5.92 Å². The van der Waals surface area contributed by atoms with E-state index in [9.17, 15) is 10.2 Å². The van der Waals surface area contributed by atoms with E-state index in [0.29, 0.717) is 10.0 Å². The highest BCUT2D eigenvalue weighted by Gasteiger charge is 2.51. The van der Waals surface area contributed by atoms with Gasteiger partial charge in [-0.1, -0.05) is 35.2 Å². The zero-order valence-corrected chi connectivity index (χ0v) is 12.9. The first-order valence-electron chi connectivity index (χ1n) is 6.28. The second-order valence-corrected chi connectivity index (χ2v) is 6.42. The fourth-order valence-electron chi connectivity index (χ4n) is 2.72. The summed E-state index contributed by atoms with van der Waals surface area (Å²) in [4.78, 5) is 1.93. The summed E-state index contributed by atoms with van der Waals surface area (Å²) in [5, 5.41) is 22.0. The molecular weight excluding hydrogens is 297 g/mol. The van der Waals surface area contributed by atoms with Gasteiger partial charge in [0, 0.05) is 29.1 Å². The summed E-state index contributed by atoms with van der Waals surface area (Å²) in [6.07, 6.45) is 5.63. The Morgan fingerprint density at radius 3 is 2.60 bits per heavy atom. The lowest BCUT2D eigenvalue weighted by Gasteiger charge is -2.49.